The largest absolute Gasteiger partial charge is 0.373 e. The number of hydrogen-bond donors (Lipinski definition) is 0. The molecule has 2 unspecified atom stereocenters. The topological polar surface area (TPSA) is 103 Å². The molecule has 0 bridgehead atoms. The number of piperidine rings is 1. The monoisotopic (exact) mass is 487 g/mol. The van der Waals surface area contributed by atoms with E-state index in [1.165, 1.54) is 19.1 Å². The molecular weight excluding hydrogens is 454 g/mol. The van der Waals surface area contributed by atoms with E-state index < -0.39 is 20.2 Å². The molecule has 3 fully saturated rings. The highest BCUT2D eigenvalue weighted by molar-refractivity contribution is 7.89. The van der Waals surface area contributed by atoms with E-state index in [4.69, 9.17) is 4.74 Å². The van der Waals surface area contributed by atoms with Crippen molar-refractivity contribution in [3.8, 4) is 0 Å². The number of rotatable bonds is 5. The van der Waals surface area contributed by atoms with Gasteiger partial charge >= 0.3 is 0 Å². The van der Waals surface area contributed by atoms with Crippen molar-refractivity contribution in [3.05, 3.63) is 18.3 Å². The predicted molar refractivity (Wildman–Crippen MR) is 121 cm³/mol. The Hall–Kier alpha value is -1.31. The van der Waals surface area contributed by atoms with Gasteiger partial charge < -0.3 is 9.64 Å². The van der Waals surface area contributed by atoms with Gasteiger partial charge in [0.05, 0.1) is 12.2 Å². The average Bonchev–Trinajstić information content (AvgIpc) is 2.79. The van der Waals surface area contributed by atoms with E-state index in [-0.39, 0.29) is 17.1 Å². The zero-order valence-corrected chi connectivity index (χ0v) is 20.4. The van der Waals surface area contributed by atoms with Crippen molar-refractivity contribution < 1.29 is 21.6 Å². The van der Waals surface area contributed by atoms with E-state index in [9.17, 15) is 16.8 Å². The summed E-state index contributed by atoms with van der Waals surface area (Å²) in [6, 6.07) is 3.32. The average molecular weight is 488 g/mol. The Morgan fingerprint density at radius 2 is 1.44 bits per heavy atom. The first kappa shape index (κ1) is 23.8. The molecular formula is C20H33N5O5S2. The highest BCUT2D eigenvalue weighted by Crippen LogP contribution is 2.23. The van der Waals surface area contributed by atoms with Crippen LogP contribution in [0.1, 0.15) is 33.1 Å². The molecule has 12 heteroatoms. The second kappa shape index (κ2) is 9.51. The van der Waals surface area contributed by atoms with Crippen LogP contribution in [0.3, 0.4) is 0 Å². The lowest BCUT2D eigenvalue weighted by atomic mass is 10.2. The third-order valence-corrected chi connectivity index (χ3v) is 10.1. The Balaban J connectivity index is 1.38. The molecule has 4 rings (SSSR count). The molecule has 32 heavy (non-hydrogen) atoms. The molecule has 3 aliphatic heterocycles. The summed E-state index contributed by atoms with van der Waals surface area (Å²) in [4.78, 5) is 6.59. The molecule has 0 radical (unpaired) electrons. The van der Waals surface area contributed by atoms with Crippen molar-refractivity contribution in [2.45, 2.75) is 50.2 Å². The van der Waals surface area contributed by atoms with Gasteiger partial charge in [-0.3, -0.25) is 0 Å². The van der Waals surface area contributed by atoms with Crippen LogP contribution >= 0.6 is 0 Å². The predicted octanol–water partition coefficient (Wildman–Crippen LogP) is 0.732. The standard InChI is InChI=1S/C20H33N5O5S2/c1-17-15-25(16-18(2)30-17)32(28,29)24-12-10-22(11-13-24)20-7-6-19(14-21-20)31(26,27)23-8-4-3-5-9-23/h6-7,14,17-18H,3-5,8-13,15-16H2,1-2H3. The molecule has 0 amide bonds. The Labute approximate surface area is 191 Å². The van der Waals surface area contributed by atoms with Crippen molar-refractivity contribution in [2.24, 2.45) is 0 Å². The minimum Gasteiger partial charge on any atom is -0.373 e. The summed E-state index contributed by atoms with van der Waals surface area (Å²) >= 11 is 0. The number of morpholine rings is 1. The number of hydrogen-bond acceptors (Lipinski definition) is 7. The zero-order chi connectivity index (χ0) is 22.9. The fourth-order valence-corrected chi connectivity index (χ4v) is 7.81. The number of pyridine rings is 1. The highest BCUT2D eigenvalue weighted by Gasteiger charge is 2.37. The van der Waals surface area contributed by atoms with Gasteiger partial charge in [-0.1, -0.05) is 6.42 Å². The van der Waals surface area contributed by atoms with Crippen molar-refractivity contribution in [3.63, 3.8) is 0 Å². The first-order valence-corrected chi connectivity index (χ1v) is 14.1. The number of sulfonamides is 1. The normalized spacial score (nSPS) is 27.5. The molecule has 0 aliphatic carbocycles. The van der Waals surface area contributed by atoms with E-state index in [1.54, 1.807) is 12.1 Å². The van der Waals surface area contributed by atoms with Gasteiger partial charge in [0.15, 0.2) is 0 Å². The minimum atomic E-state index is -3.54. The number of anilines is 1. The van der Waals surface area contributed by atoms with Gasteiger partial charge in [0.2, 0.25) is 10.0 Å². The first-order valence-electron chi connectivity index (χ1n) is 11.3. The maximum absolute atomic E-state index is 13.1. The Morgan fingerprint density at radius 1 is 0.812 bits per heavy atom. The first-order chi connectivity index (χ1) is 15.2. The van der Waals surface area contributed by atoms with Crippen LogP contribution in [0, 0.1) is 0 Å². The van der Waals surface area contributed by atoms with Crippen LogP contribution in [0.15, 0.2) is 23.2 Å². The van der Waals surface area contributed by atoms with E-state index in [2.05, 4.69) is 4.98 Å². The summed E-state index contributed by atoms with van der Waals surface area (Å²) in [5, 5.41) is 0. The molecule has 0 spiro atoms. The summed E-state index contributed by atoms with van der Waals surface area (Å²) in [7, 11) is -7.05. The fraction of sp³-hybridized carbons (Fsp3) is 0.750. The van der Waals surface area contributed by atoms with Gasteiger partial charge in [0.1, 0.15) is 10.7 Å². The molecule has 2 atom stereocenters. The van der Waals surface area contributed by atoms with Crippen molar-refractivity contribution in [1.29, 1.82) is 0 Å². The molecule has 3 aliphatic rings. The third-order valence-electron chi connectivity index (χ3n) is 6.27. The number of aromatic nitrogens is 1. The van der Waals surface area contributed by atoms with Crippen LogP contribution in [0.25, 0.3) is 0 Å². The van der Waals surface area contributed by atoms with Gasteiger partial charge in [0, 0.05) is 58.6 Å². The summed E-state index contributed by atoms with van der Waals surface area (Å²) in [5.41, 5.74) is 0. The van der Waals surface area contributed by atoms with Gasteiger partial charge in [-0.05, 0) is 38.8 Å². The Kier molecular flexibility index (Phi) is 7.08. The van der Waals surface area contributed by atoms with Crippen LogP contribution in [-0.2, 0) is 25.0 Å². The molecule has 180 valence electrons. The van der Waals surface area contributed by atoms with Gasteiger partial charge in [0.25, 0.3) is 10.2 Å². The molecule has 10 nitrogen and oxygen atoms in total. The van der Waals surface area contributed by atoms with E-state index >= 15 is 0 Å². The quantitative estimate of drug-likeness (QED) is 0.603. The summed E-state index contributed by atoms with van der Waals surface area (Å²) in [6.07, 6.45) is 4.01. The van der Waals surface area contributed by atoms with Crippen LogP contribution in [-0.4, -0.2) is 99.3 Å². The molecule has 1 aromatic heterocycles. The van der Waals surface area contributed by atoms with Crippen LogP contribution in [0.5, 0.6) is 0 Å². The van der Waals surface area contributed by atoms with Crippen LogP contribution in [0.2, 0.25) is 0 Å². The third kappa shape index (κ3) is 4.95. The lowest BCUT2D eigenvalue weighted by molar-refractivity contribution is -0.0455. The number of piperazine rings is 1. The van der Waals surface area contributed by atoms with Crippen LogP contribution in [0.4, 0.5) is 5.82 Å². The highest BCUT2D eigenvalue weighted by atomic mass is 32.2. The minimum absolute atomic E-state index is 0.126. The van der Waals surface area contributed by atoms with E-state index in [1.807, 2.05) is 18.7 Å². The van der Waals surface area contributed by atoms with Crippen molar-refractivity contribution in [1.82, 2.24) is 17.9 Å². The molecule has 0 N–H and O–H groups in total. The van der Waals surface area contributed by atoms with Gasteiger partial charge in [-0.25, -0.2) is 13.4 Å². The zero-order valence-electron chi connectivity index (χ0n) is 18.8. The molecule has 1 aromatic rings. The number of nitrogens with zero attached hydrogens (tertiary/aromatic N) is 5. The second-order valence-corrected chi connectivity index (χ2v) is 12.7. The summed E-state index contributed by atoms with van der Waals surface area (Å²) < 4.78 is 62.0. The van der Waals surface area contributed by atoms with E-state index in [0.29, 0.717) is 58.2 Å². The summed E-state index contributed by atoms with van der Waals surface area (Å²) in [6.45, 7) is 7.33. The maximum atomic E-state index is 13.1. The second-order valence-electron chi connectivity index (χ2n) is 8.79. The SMILES string of the molecule is CC1CN(S(=O)(=O)N2CCN(c3ccc(S(=O)(=O)N4CCCCC4)cn3)CC2)CC(C)O1. The van der Waals surface area contributed by atoms with Crippen molar-refractivity contribution >= 4 is 26.1 Å². The Bertz CT molecular complexity index is 978. The lowest BCUT2D eigenvalue weighted by Crippen LogP contribution is -2.57. The number of ether oxygens (including phenoxy) is 1. The Morgan fingerprint density at radius 3 is 2.00 bits per heavy atom. The van der Waals surface area contributed by atoms with Gasteiger partial charge in [-0.15, -0.1) is 0 Å². The lowest BCUT2D eigenvalue weighted by Gasteiger charge is -2.40. The molecule has 3 saturated heterocycles. The van der Waals surface area contributed by atoms with E-state index in [0.717, 1.165) is 19.3 Å². The summed E-state index contributed by atoms with van der Waals surface area (Å²) in [5.74, 6) is 0.660. The smallest absolute Gasteiger partial charge is 0.282 e. The maximum Gasteiger partial charge on any atom is 0.282 e. The molecule has 0 saturated carbocycles. The van der Waals surface area contributed by atoms with Crippen LogP contribution < -0.4 is 4.90 Å². The fourth-order valence-electron chi connectivity index (χ4n) is 4.60. The van der Waals surface area contributed by atoms with Crippen molar-refractivity contribution in [2.75, 3.05) is 57.3 Å². The molecule has 0 aromatic carbocycles. The van der Waals surface area contributed by atoms with Gasteiger partial charge in [-0.2, -0.15) is 21.3 Å². The molecule has 4 heterocycles.